The first-order valence-electron chi connectivity index (χ1n) is 3.91. The summed E-state index contributed by atoms with van der Waals surface area (Å²) in [5.74, 6) is -2.18. The third-order valence-electron chi connectivity index (χ3n) is 1.58. The molecule has 0 spiro atoms. The van der Waals surface area contributed by atoms with Crippen LogP contribution in [0.1, 0.15) is 17.4 Å². The monoisotopic (exact) mass is 273 g/mol. The van der Waals surface area contributed by atoms with Gasteiger partial charge in [0.2, 0.25) is 5.78 Å². The SMILES string of the molecule is CC(=O)C(=O)Nn1cc(Br)cc1C(N)=O. The molecule has 1 aromatic heterocycles. The van der Waals surface area contributed by atoms with Crippen molar-refractivity contribution in [3.05, 3.63) is 22.4 Å². The van der Waals surface area contributed by atoms with Crippen molar-refractivity contribution in [2.24, 2.45) is 5.73 Å². The zero-order valence-corrected chi connectivity index (χ0v) is 9.37. The molecule has 0 radical (unpaired) electrons. The van der Waals surface area contributed by atoms with Crippen molar-refractivity contribution in [2.45, 2.75) is 6.92 Å². The Balaban J connectivity index is 2.99. The van der Waals surface area contributed by atoms with Crippen molar-refractivity contribution in [2.75, 3.05) is 5.43 Å². The normalized spacial score (nSPS) is 9.73. The number of aromatic nitrogens is 1. The molecule has 0 saturated heterocycles. The summed E-state index contributed by atoms with van der Waals surface area (Å²) in [5.41, 5.74) is 7.35. The summed E-state index contributed by atoms with van der Waals surface area (Å²) >= 11 is 3.11. The van der Waals surface area contributed by atoms with Gasteiger partial charge in [0, 0.05) is 17.6 Å². The number of amides is 2. The van der Waals surface area contributed by atoms with Crippen molar-refractivity contribution < 1.29 is 14.4 Å². The lowest BCUT2D eigenvalue weighted by Crippen LogP contribution is -2.31. The van der Waals surface area contributed by atoms with Crippen LogP contribution in [-0.2, 0) is 9.59 Å². The Morgan fingerprint density at radius 1 is 1.47 bits per heavy atom. The molecule has 80 valence electrons. The summed E-state index contributed by atoms with van der Waals surface area (Å²) in [6, 6.07) is 1.43. The van der Waals surface area contributed by atoms with Gasteiger partial charge < -0.3 is 5.73 Å². The van der Waals surface area contributed by atoms with Gasteiger partial charge >= 0.3 is 5.91 Å². The van der Waals surface area contributed by atoms with Crippen LogP contribution in [0.2, 0.25) is 0 Å². The first kappa shape index (κ1) is 11.4. The highest BCUT2D eigenvalue weighted by Crippen LogP contribution is 2.13. The summed E-state index contributed by atoms with van der Waals surface area (Å²) < 4.78 is 1.66. The minimum absolute atomic E-state index is 0.0801. The molecule has 1 rings (SSSR count). The molecule has 1 aromatic rings. The van der Waals surface area contributed by atoms with E-state index in [1.165, 1.54) is 12.3 Å². The molecule has 15 heavy (non-hydrogen) atoms. The number of nitrogens with two attached hydrogens (primary N) is 1. The number of hydrogen-bond acceptors (Lipinski definition) is 3. The minimum atomic E-state index is -0.819. The maximum atomic E-state index is 11.0. The van der Waals surface area contributed by atoms with Crippen molar-refractivity contribution in [1.82, 2.24) is 4.68 Å². The number of hydrogen-bond donors (Lipinski definition) is 2. The molecule has 6 nitrogen and oxygen atoms in total. The highest BCUT2D eigenvalue weighted by Gasteiger charge is 2.13. The highest BCUT2D eigenvalue weighted by molar-refractivity contribution is 9.10. The van der Waals surface area contributed by atoms with Crippen LogP contribution < -0.4 is 11.2 Å². The first-order chi connectivity index (χ1) is 6.91. The Bertz CT molecular complexity index is 438. The van der Waals surface area contributed by atoms with E-state index in [9.17, 15) is 14.4 Å². The summed E-state index contributed by atoms with van der Waals surface area (Å²) in [4.78, 5) is 32.7. The van der Waals surface area contributed by atoms with Gasteiger partial charge in [0.05, 0.1) is 0 Å². The van der Waals surface area contributed by atoms with Crippen molar-refractivity contribution in [3.63, 3.8) is 0 Å². The van der Waals surface area contributed by atoms with Crippen LogP contribution in [0.4, 0.5) is 0 Å². The van der Waals surface area contributed by atoms with Gasteiger partial charge in [-0.25, -0.2) is 0 Å². The van der Waals surface area contributed by atoms with Crippen molar-refractivity contribution >= 4 is 33.5 Å². The molecule has 0 unspecified atom stereocenters. The average molecular weight is 274 g/mol. The lowest BCUT2D eigenvalue weighted by atomic mass is 10.4. The largest absolute Gasteiger partial charge is 0.364 e. The van der Waals surface area contributed by atoms with Gasteiger partial charge in [-0.15, -0.1) is 0 Å². The molecule has 0 aliphatic carbocycles. The van der Waals surface area contributed by atoms with E-state index in [4.69, 9.17) is 5.73 Å². The van der Waals surface area contributed by atoms with E-state index in [0.717, 1.165) is 11.6 Å². The van der Waals surface area contributed by atoms with E-state index in [-0.39, 0.29) is 5.69 Å². The lowest BCUT2D eigenvalue weighted by Gasteiger charge is -2.06. The molecule has 0 saturated carbocycles. The second-order valence-corrected chi connectivity index (χ2v) is 3.69. The molecule has 7 heteroatoms. The van der Waals surface area contributed by atoms with Crippen molar-refractivity contribution in [3.8, 4) is 0 Å². The number of carbonyl (C=O) groups excluding carboxylic acids is 3. The zero-order valence-electron chi connectivity index (χ0n) is 7.78. The van der Waals surface area contributed by atoms with Gasteiger partial charge in [-0.2, -0.15) is 0 Å². The highest BCUT2D eigenvalue weighted by atomic mass is 79.9. The smallest absolute Gasteiger partial charge is 0.305 e. The topological polar surface area (TPSA) is 94.2 Å². The average Bonchev–Trinajstić information content (AvgIpc) is 2.46. The molecule has 0 aliphatic heterocycles. The number of carbonyl (C=O) groups is 3. The Morgan fingerprint density at radius 3 is 2.53 bits per heavy atom. The number of Topliss-reactive ketones (excluding diaryl/α,β-unsaturated/α-hetero) is 1. The molecule has 2 amide bonds. The fraction of sp³-hybridized carbons (Fsp3) is 0.125. The number of ketones is 1. The van der Waals surface area contributed by atoms with Crippen molar-refractivity contribution in [1.29, 1.82) is 0 Å². The lowest BCUT2D eigenvalue weighted by molar-refractivity contribution is -0.134. The molecule has 0 bridgehead atoms. The Labute approximate surface area is 93.5 Å². The second kappa shape index (κ2) is 4.26. The molecular formula is C8H8BrN3O3. The van der Waals surface area contributed by atoms with Crippen LogP contribution in [-0.4, -0.2) is 22.3 Å². The summed E-state index contributed by atoms with van der Waals surface area (Å²) in [6.45, 7) is 1.12. The van der Waals surface area contributed by atoms with Crippen LogP contribution in [0.15, 0.2) is 16.7 Å². The van der Waals surface area contributed by atoms with E-state index >= 15 is 0 Å². The van der Waals surface area contributed by atoms with Gasteiger partial charge in [-0.1, -0.05) is 0 Å². The standard InChI is InChI=1S/C8H8BrN3O3/c1-4(13)8(15)11-12-3-5(9)2-6(12)7(10)14/h2-3H,1H3,(H2,10,14)(H,11,15). The Kier molecular flexibility index (Phi) is 3.25. The quantitative estimate of drug-likeness (QED) is 0.760. The maximum Gasteiger partial charge on any atom is 0.305 e. The minimum Gasteiger partial charge on any atom is -0.364 e. The fourth-order valence-electron chi connectivity index (χ4n) is 0.901. The van der Waals surface area contributed by atoms with E-state index in [2.05, 4.69) is 21.4 Å². The maximum absolute atomic E-state index is 11.0. The van der Waals surface area contributed by atoms with Crippen LogP contribution >= 0.6 is 15.9 Å². The summed E-state index contributed by atoms with van der Waals surface area (Å²) in [5, 5.41) is 0. The zero-order chi connectivity index (χ0) is 11.6. The number of halogens is 1. The predicted molar refractivity (Wildman–Crippen MR) is 55.7 cm³/mol. The number of rotatable bonds is 3. The third-order valence-corrected chi connectivity index (χ3v) is 2.01. The molecule has 1 heterocycles. The summed E-state index contributed by atoms with van der Waals surface area (Å²) in [6.07, 6.45) is 1.42. The van der Waals surface area contributed by atoms with E-state index in [1.807, 2.05) is 0 Å². The van der Waals surface area contributed by atoms with E-state index in [0.29, 0.717) is 4.47 Å². The fourth-order valence-corrected chi connectivity index (χ4v) is 1.32. The Morgan fingerprint density at radius 2 is 2.07 bits per heavy atom. The van der Waals surface area contributed by atoms with Crippen LogP contribution in [0.25, 0.3) is 0 Å². The molecule has 0 aliphatic rings. The van der Waals surface area contributed by atoms with Gasteiger partial charge in [0.1, 0.15) is 5.69 Å². The summed E-state index contributed by atoms with van der Waals surface area (Å²) in [7, 11) is 0. The second-order valence-electron chi connectivity index (χ2n) is 2.77. The van der Waals surface area contributed by atoms with Crippen LogP contribution in [0, 0.1) is 0 Å². The van der Waals surface area contributed by atoms with Crippen LogP contribution in [0.5, 0.6) is 0 Å². The van der Waals surface area contributed by atoms with Gasteiger partial charge in [-0.3, -0.25) is 24.5 Å². The van der Waals surface area contributed by atoms with Gasteiger partial charge in [0.25, 0.3) is 5.91 Å². The third kappa shape index (κ3) is 2.66. The van der Waals surface area contributed by atoms with E-state index < -0.39 is 17.6 Å². The first-order valence-corrected chi connectivity index (χ1v) is 4.70. The molecule has 0 aromatic carbocycles. The molecule has 0 fully saturated rings. The number of primary amides is 1. The van der Waals surface area contributed by atoms with Gasteiger partial charge in [-0.05, 0) is 22.0 Å². The molecule has 3 N–H and O–H groups in total. The number of nitrogens with zero attached hydrogens (tertiary/aromatic N) is 1. The Hall–Kier alpha value is -1.63. The van der Waals surface area contributed by atoms with E-state index in [1.54, 1.807) is 0 Å². The molecule has 0 atom stereocenters. The molecular weight excluding hydrogens is 266 g/mol. The van der Waals surface area contributed by atoms with Gasteiger partial charge in [0.15, 0.2) is 0 Å². The number of nitrogens with one attached hydrogen (secondary N) is 1. The predicted octanol–water partition coefficient (Wildman–Crippen LogP) is 0.00860. The van der Waals surface area contributed by atoms with Crippen LogP contribution in [0.3, 0.4) is 0 Å².